The lowest BCUT2D eigenvalue weighted by Crippen LogP contribution is -2.36. The molecule has 0 aliphatic rings. The second-order valence-corrected chi connectivity index (χ2v) is 4.52. The molecular weight excluding hydrogens is 224 g/mol. The second kappa shape index (κ2) is 5.94. The fourth-order valence-electron chi connectivity index (χ4n) is 2.14. The number of para-hydroxylation sites is 1. The van der Waals surface area contributed by atoms with Crippen molar-refractivity contribution in [3.63, 3.8) is 0 Å². The Morgan fingerprint density at radius 1 is 1.28 bits per heavy atom. The van der Waals surface area contributed by atoms with Gasteiger partial charge in [-0.05, 0) is 38.0 Å². The van der Waals surface area contributed by atoms with Crippen LogP contribution in [0.25, 0.3) is 10.9 Å². The Kier molecular flexibility index (Phi) is 4.28. The van der Waals surface area contributed by atoms with Gasteiger partial charge in [-0.2, -0.15) is 0 Å². The van der Waals surface area contributed by atoms with Crippen LogP contribution in [0.15, 0.2) is 36.5 Å². The number of nitrogens with zero attached hydrogens (tertiary/aromatic N) is 1. The summed E-state index contributed by atoms with van der Waals surface area (Å²) in [6.45, 7) is 4.72. The highest BCUT2D eigenvalue weighted by Gasteiger charge is 2.14. The van der Waals surface area contributed by atoms with Crippen molar-refractivity contribution in [2.24, 2.45) is 5.73 Å². The first-order chi connectivity index (χ1) is 8.72. The van der Waals surface area contributed by atoms with E-state index >= 15 is 0 Å². The van der Waals surface area contributed by atoms with Gasteiger partial charge in [-0.15, -0.1) is 0 Å². The number of aromatic nitrogens is 1. The molecule has 2 rings (SSSR count). The minimum Gasteiger partial charge on any atom is -0.377 e. The van der Waals surface area contributed by atoms with Crippen LogP contribution in [0.4, 0.5) is 0 Å². The number of nitrogens with two attached hydrogens (primary N) is 1. The maximum atomic E-state index is 6.18. The smallest absolute Gasteiger partial charge is 0.0704 e. The summed E-state index contributed by atoms with van der Waals surface area (Å²) < 4.78 is 5.55. The van der Waals surface area contributed by atoms with Crippen LogP contribution in [-0.4, -0.2) is 23.7 Å². The molecule has 0 aliphatic heterocycles. The Bertz CT molecular complexity index is 507. The monoisotopic (exact) mass is 244 g/mol. The third kappa shape index (κ3) is 2.86. The highest BCUT2D eigenvalue weighted by Crippen LogP contribution is 2.18. The van der Waals surface area contributed by atoms with Crippen molar-refractivity contribution >= 4 is 10.9 Å². The summed E-state index contributed by atoms with van der Waals surface area (Å²) in [5.74, 6) is 0. The fourth-order valence-corrected chi connectivity index (χ4v) is 2.14. The van der Waals surface area contributed by atoms with E-state index in [0.29, 0.717) is 6.61 Å². The predicted molar refractivity (Wildman–Crippen MR) is 74.5 cm³/mol. The van der Waals surface area contributed by atoms with E-state index in [1.54, 1.807) is 0 Å². The average Bonchev–Trinajstić information content (AvgIpc) is 2.39. The Hall–Kier alpha value is -1.45. The number of hydrogen-bond donors (Lipinski definition) is 1. The first kappa shape index (κ1) is 13.0. The molecule has 0 spiro atoms. The van der Waals surface area contributed by atoms with Crippen LogP contribution >= 0.6 is 0 Å². The lowest BCUT2D eigenvalue weighted by molar-refractivity contribution is 0.0578. The zero-order valence-corrected chi connectivity index (χ0v) is 11.0. The lowest BCUT2D eigenvalue weighted by Gasteiger charge is -2.20. The van der Waals surface area contributed by atoms with E-state index < -0.39 is 0 Å². The van der Waals surface area contributed by atoms with E-state index in [1.807, 2.05) is 44.3 Å². The van der Waals surface area contributed by atoms with Gasteiger partial charge in [0.25, 0.3) is 0 Å². The van der Waals surface area contributed by atoms with Crippen LogP contribution in [-0.2, 0) is 11.2 Å². The summed E-state index contributed by atoms with van der Waals surface area (Å²) in [4.78, 5) is 4.36. The van der Waals surface area contributed by atoms with Crippen molar-refractivity contribution in [2.45, 2.75) is 32.4 Å². The molecule has 18 heavy (non-hydrogen) atoms. The Morgan fingerprint density at radius 3 is 2.83 bits per heavy atom. The first-order valence-electron chi connectivity index (χ1n) is 6.42. The van der Waals surface area contributed by atoms with Gasteiger partial charge >= 0.3 is 0 Å². The van der Waals surface area contributed by atoms with Gasteiger partial charge in [-0.25, -0.2) is 0 Å². The highest BCUT2D eigenvalue weighted by atomic mass is 16.5. The summed E-state index contributed by atoms with van der Waals surface area (Å²) in [7, 11) is 0. The van der Waals surface area contributed by atoms with Gasteiger partial charge in [0.15, 0.2) is 0 Å². The molecule has 96 valence electrons. The van der Waals surface area contributed by atoms with E-state index in [1.165, 1.54) is 10.9 Å². The summed E-state index contributed by atoms with van der Waals surface area (Å²) in [5.41, 5.74) is 8.44. The topological polar surface area (TPSA) is 48.1 Å². The van der Waals surface area contributed by atoms with Crippen LogP contribution in [0.3, 0.4) is 0 Å². The summed E-state index contributed by atoms with van der Waals surface area (Å²) in [5, 5.41) is 1.18. The number of rotatable bonds is 5. The zero-order chi connectivity index (χ0) is 13.0. The van der Waals surface area contributed by atoms with Crippen molar-refractivity contribution in [2.75, 3.05) is 6.61 Å². The molecular formula is C15H20N2O. The highest BCUT2D eigenvalue weighted by molar-refractivity contribution is 5.81. The summed E-state index contributed by atoms with van der Waals surface area (Å²) >= 11 is 0. The van der Waals surface area contributed by atoms with Crippen molar-refractivity contribution in [1.82, 2.24) is 4.98 Å². The Morgan fingerprint density at radius 2 is 2.06 bits per heavy atom. The standard InChI is InChI=1S/C15H20N2O/c1-3-18-11(2)14(16)10-12-8-9-17-15-7-5-4-6-13(12)15/h4-9,11,14H,3,10,16H2,1-2H3. The van der Waals surface area contributed by atoms with Gasteiger partial charge < -0.3 is 10.5 Å². The molecule has 2 aromatic rings. The molecule has 1 aromatic heterocycles. The van der Waals surface area contributed by atoms with Crippen molar-refractivity contribution in [1.29, 1.82) is 0 Å². The Balaban J connectivity index is 2.21. The lowest BCUT2D eigenvalue weighted by atomic mass is 9.99. The molecule has 0 amide bonds. The summed E-state index contributed by atoms with van der Waals surface area (Å²) in [6, 6.07) is 10.2. The largest absolute Gasteiger partial charge is 0.377 e. The molecule has 2 atom stereocenters. The van der Waals surface area contributed by atoms with Crippen LogP contribution < -0.4 is 5.73 Å². The molecule has 0 radical (unpaired) electrons. The predicted octanol–water partition coefficient (Wildman–Crippen LogP) is 2.53. The maximum absolute atomic E-state index is 6.18. The second-order valence-electron chi connectivity index (χ2n) is 4.52. The van der Waals surface area contributed by atoms with Crippen molar-refractivity contribution in [3.8, 4) is 0 Å². The third-order valence-electron chi connectivity index (χ3n) is 3.23. The van der Waals surface area contributed by atoms with Crippen LogP contribution in [0, 0.1) is 0 Å². The van der Waals surface area contributed by atoms with E-state index in [2.05, 4.69) is 11.1 Å². The van der Waals surface area contributed by atoms with Gasteiger partial charge in [0.05, 0.1) is 11.6 Å². The molecule has 3 nitrogen and oxygen atoms in total. The first-order valence-corrected chi connectivity index (χ1v) is 6.42. The molecule has 1 heterocycles. The van der Waals surface area contributed by atoms with Crippen LogP contribution in [0.1, 0.15) is 19.4 Å². The molecule has 0 saturated heterocycles. The quantitative estimate of drug-likeness (QED) is 0.879. The molecule has 1 aromatic carbocycles. The average molecular weight is 244 g/mol. The molecule has 3 heteroatoms. The minimum atomic E-state index is 0.00996. The van der Waals surface area contributed by atoms with Gasteiger partial charge in [-0.3, -0.25) is 4.98 Å². The molecule has 0 fully saturated rings. The minimum absolute atomic E-state index is 0.00996. The van der Waals surface area contributed by atoms with Crippen molar-refractivity contribution < 1.29 is 4.74 Å². The van der Waals surface area contributed by atoms with Gasteiger partial charge in [0, 0.05) is 24.2 Å². The van der Waals surface area contributed by atoms with E-state index in [-0.39, 0.29) is 12.1 Å². The number of fused-ring (bicyclic) bond motifs is 1. The number of benzene rings is 1. The molecule has 0 aliphatic carbocycles. The fraction of sp³-hybridized carbons (Fsp3) is 0.400. The van der Waals surface area contributed by atoms with E-state index in [9.17, 15) is 0 Å². The normalized spacial score (nSPS) is 14.6. The van der Waals surface area contributed by atoms with Gasteiger partial charge in [0.2, 0.25) is 0 Å². The van der Waals surface area contributed by atoms with E-state index in [4.69, 9.17) is 10.5 Å². The van der Waals surface area contributed by atoms with Gasteiger partial charge in [0.1, 0.15) is 0 Å². The van der Waals surface area contributed by atoms with Crippen LogP contribution in [0.2, 0.25) is 0 Å². The zero-order valence-electron chi connectivity index (χ0n) is 11.0. The van der Waals surface area contributed by atoms with Gasteiger partial charge in [-0.1, -0.05) is 18.2 Å². The Labute approximate surface area is 108 Å². The molecule has 2 unspecified atom stereocenters. The number of pyridine rings is 1. The SMILES string of the molecule is CCOC(C)C(N)Cc1ccnc2ccccc12. The van der Waals surface area contributed by atoms with Crippen LogP contribution in [0.5, 0.6) is 0 Å². The molecule has 2 N–H and O–H groups in total. The number of ether oxygens (including phenoxy) is 1. The molecule has 0 saturated carbocycles. The van der Waals surface area contributed by atoms with Crippen molar-refractivity contribution in [3.05, 3.63) is 42.1 Å². The van der Waals surface area contributed by atoms with E-state index in [0.717, 1.165) is 11.9 Å². The summed E-state index contributed by atoms with van der Waals surface area (Å²) in [6.07, 6.45) is 2.72. The number of hydrogen-bond acceptors (Lipinski definition) is 3. The molecule has 0 bridgehead atoms. The maximum Gasteiger partial charge on any atom is 0.0704 e. The third-order valence-corrected chi connectivity index (χ3v) is 3.23.